The van der Waals surface area contributed by atoms with E-state index in [2.05, 4.69) is 22.1 Å². The fourth-order valence-electron chi connectivity index (χ4n) is 3.74. The number of carbonyl (C=O) groups is 1. The number of nitrogens with one attached hydrogen (secondary N) is 2. The Morgan fingerprint density at radius 3 is 3.00 bits per heavy atom. The van der Waals surface area contributed by atoms with Crippen LogP contribution in [-0.2, 0) is 11.3 Å². The summed E-state index contributed by atoms with van der Waals surface area (Å²) in [7, 11) is 0. The van der Waals surface area contributed by atoms with Gasteiger partial charge in [-0.25, -0.2) is 9.59 Å². The van der Waals surface area contributed by atoms with Gasteiger partial charge in [0.05, 0.1) is 17.6 Å². The van der Waals surface area contributed by atoms with Gasteiger partial charge in [-0.1, -0.05) is 25.5 Å². The topological polar surface area (TPSA) is 79.4 Å². The number of aromatic amines is 1. The minimum absolute atomic E-state index is 0.0503. The smallest absolute Gasteiger partial charge is 0.407 e. The second kappa shape index (κ2) is 9.60. The second-order valence-electron chi connectivity index (χ2n) is 7.15. The summed E-state index contributed by atoms with van der Waals surface area (Å²) in [5.41, 5.74) is 1.79. The van der Waals surface area contributed by atoms with E-state index in [1.165, 1.54) is 0 Å². The first-order chi connectivity index (χ1) is 13.2. The maximum atomic E-state index is 12.1. The van der Waals surface area contributed by atoms with Crippen LogP contribution in [0.3, 0.4) is 0 Å². The van der Waals surface area contributed by atoms with Gasteiger partial charge in [0.1, 0.15) is 0 Å². The van der Waals surface area contributed by atoms with Crippen molar-refractivity contribution in [2.45, 2.75) is 51.6 Å². The molecule has 2 aromatic rings. The number of carbonyl (C=O) groups excluding carboxylic acids is 1. The van der Waals surface area contributed by atoms with E-state index in [4.69, 9.17) is 4.74 Å². The number of aromatic nitrogens is 2. The molecule has 1 saturated heterocycles. The molecule has 148 valence electrons. The van der Waals surface area contributed by atoms with Gasteiger partial charge in [-0.15, -0.1) is 0 Å². The third-order valence-electron chi connectivity index (χ3n) is 5.22. The lowest BCUT2D eigenvalue weighted by Gasteiger charge is -2.24. The lowest BCUT2D eigenvalue weighted by molar-refractivity contribution is 0.140. The van der Waals surface area contributed by atoms with E-state index in [0.29, 0.717) is 25.7 Å². The predicted octanol–water partition coefficient (Wildman–Crippen LogP) is 2.71. The van der Waals surface area contributed by atoms with E-state index in [1.54, 1.807) is 0 Å². The molecule has 0 saturated carbocycles. The minimum Gasteiger partial charge on any atom is -0.450 e. The van der Waals surface area contributed by atoms with Crippen LogP contribution in [0.15, 0.2) is 29.1 Å². The molecule has 0 bridgehead atoms. The van der Waals surface area contributed by atoms with Gasteiger partial charge in [0.15, 0.2) is 0 Å². The lowest BCUT2D eigenvalue weighted by Crippen LogP contribution is -2.41. The van der Waals surface area contributed by atoms with Gasteiger partial charge in [-0.2, -0.15) is 0 Å². The molecule has 1 amide bonds. The zero-order valence-corrected chi connectivity index (χ0v) is 16.1. The highest BCUT2D eigenvalue weighted by atomic mass is 16.5. The van der Waals surface area contributed by atoms with Crippen molar-refractivity contribution in [1.82, 2.24) is 19.8 Å². The van der Waals surface area contributed by atoms with Gasteiger partial charge in [-0.05, 0) is 44.4 Å². The van der Waals surface area contributed by atoms with Crippen LogP contribution >= 0.6 is 0 Å². The van der Waals surface area contributed by atoms with E-state index in [-0.39, 0.29) is 11.8 Å². The van der Waals surface area contributed by atoms with Crippen LogP contribution < -0.4 is 11.0 Å². The van der Waals surface area contributed by atoms with Crippen molar-refractivity contribution in [3.8, 4) is 0 Å². The summed E-state index contributed by atoms with van der Waals surface area (Å²) in [6.45, 7) is 5.83. The Kier molecular flexibility index (Phi) is 6.92. The molecule has 0 aliphatic carbocycles. The highest BCUT2D eigenvalue weighted by molar-refractivity contribution is 5.74. The number of imidazole rings is 1. The van der Waals surface area contributed by atoms with Crippen molar-refractivity contribution in [1.29, 1.82) is 0 Å². The maximum absolute atomic E-state index is 12.1. The fraction of sp³-hybridized carbons (Fsp3) is 0.600. The van der Waals surface area contributed by atoms with Gasteiger partial charge in [0.2, 0.25) is 0 Å². The van der Waals surface area contributed by atoms with Crippen LogP contribution in [0.1, 0.15) is 39.0 Å². The van der Waals surface area contributed by atoms with E-state index in [9.17, 15) is 9.59 Å². The Morgan fingerprint density at radius 2 is 2.15 bits per heavy atom. The number of alkyl carbamates (subject to hydrolysis) is 1. The number of H-pyrrole nitrogens is 1. The number of nitrogens with zero attached hydrogens (tertiary/aromatic N) is 2. The van der Waals surface area contributed by atoms with Gasteiger partial charge in [0, 0.05) is 25.7 Å². The van der Waals surface area contributed by atoms with Crippen LogP contribution in [0.2, 0.25) is 0 Å². The Morgan fingerprint density at radius 1 is 1.30 bits per heavy atom. The minimum atomic E-state index is -0.319. The molecule has 0 spiro atoms. The molecule has 7 nitrogen and oxygen atoms in total. The van der Waals surface area contributed by atoms with Crippen molar-refractivity contribution in [3.63, 3.8) is 0 Å². The van der Waals surface area contributed by atoms with Gasteiger partial charge >= 0.3 is 11.8 Å². The molecular formula is C20H30N4O3. The number of benzene rings is 1. The van der Waals surface area contributed by atoms with E-state index in [1.807, 2.05) is 28.8 Å². The Bertz CT molecular complexity index is 798. The summed E-state index contributed by atoms with van der Waals surface area (Å²) in [6, 6.07) is 8.13. The average molecular weight is 374 g/mol. The summed E-state index contributed by atoms with van der Waals surface area (Å²) >= 11 is 0. The first-order valence-electron chi connectivity index (χ1n) is 10.0. The van der Waals surface area contributed by atoms with Crippen molar-refractivity contribution < 1.29 is 9.53 Å². The van der Waals surface area contributed by atoms with Crippen LogP contribution in [0.5, 0.6) is 0 Å². The number of hydrogen-bond donors (Lipinski definition) is 2. The third-order valence-corrected chi connectivity index (χ3v) is 5.22. The van der Waals surface area contributed by atoms with Crippen molar-refractivity contribution in [2.24, 2.45) is 0 Å². The Labute approximate surface area is 159 Å². The van der Waals surface area contributed by atoms with E-state index in [0.717, 1.165) is 56.2 Å². The normalized spacial score (nSPS) is 17.4. The molecule has 1 fully saturated rings. The van der Waals surface area contributed by atoms with Crippen LogP contribution in [0.25, 0.3) is 11.0 Å². The maximum Gasteiger partial charge on any atom is 0.407 e. The van der Waals surface area contributed by atoms with Crippen molar-refractivity contribution in [3.05, 3.63) is 34.7 Å². The summed E-state index contributed by atoms with van der Waals surface area (Å²) in [5, 5.41) is 2.89. The molecule has 3 rings (SSSR count). The lowest BCUT2D eigenvalue weighted by atomic mass is 10.2. The molecule has 2 N–H and O–H groups in total. The van der Waals surface area contributed by atoms with E-state index < -0.39 is 0 Å². The van der Waals surface area contributed by atoms with Crippen molar-refractivity contribution in [2.75, 3.05) is 26.2 Å². The van der Waals surface area contributed by atoms with Crippen LogP contribution in [0.4, 0.5) is 4.79 Å². The summed E-state index contributed by atoms with van der Waals surface area (Å²) in [6.07, 6.45) is 4.73. The van der Waals surface area contributed by atoms with Crippen molar-refractivity contribution >= 4 is 17.1 Å². The number of ether oxygens (including phenoxy) is 1. The molecule has 7 heteroatoms. The molecule has 1 aromatic carbocycles. The molecule has 1 aliphatic heterocycles. The Balaban J connectivity index is 1.45. The Hall–Kier alpha value is -2.28. The third kappa shape index (κ3) is 5.13. The zero-order chi connectivity index (χ0) is 19.1. The van der Waals surface area contributed by atoms with E-state index >= 15 is 0 Å². The molecule has 2 heterocycles. The number of aryl methyl sites for hydroxylation is 1. The summed E-state index contributed by atoms with van der Waals surface area (Å²) < 4.78 is 6.96. The standard InChI is InChI=1S/C20H30N4O3/c1-2-3-14-27-20(26)21-15-16-8-6-11-23(16)12-7-13-24-18-10-5-4-9-17(18)22-19(24)25/h4-5,9-10,16H,2-3,6-8,11-15H2,1H3,(H,21,26)(H,22,25). The highest BCUT2D eigenvalue weighted by Crippen LogP contribution is 2.17. The molecule has 27 heavy (non-hydrogen) atoms. The number of unbranched alkanes of at least 4 members (excludes halogenated alkanes) is 1. The second-order valence-corrected chi connectivity index (χ2v) is 7.15. The quantitative estimate of drug-likeness (QED) is 0.662. The number of hydrogen-bond acceptors (Lipinski definition) is 4. The number of para-hydroxylation sites is 2. The predicted molar refractivity (Wildman–Crippen MR) is 106 cm³/mol. The largest absolute Gasteiger partial charge is 0.450 e. The molecule has 1 aliphatic rings. The van der Waals surface area contributed by atoms with Gasteiger partial charge in [0.25, 0.3) is 0 Å². The molecule has 1 aromatic heterocycles. The number of likely N-dealkylation sites (tertiary alicyclic amines) is 1. The monoisotopic (exact) mass is 374 g/mol. The molecule has 1 unspecified atom stereocenters. The number of fused-ring (bicyclic) bond motifs is 1. The van der Waals surface area contributed by atoms with Crippen LogP contribution in [0, 0.1) is 0 Å². The molecule has 0 radical (unpaired) electrons. The first-order valence-corrected chi connectivity index (χ1v) is 10.0. The van der Waals surface area contributed by atoms with Crippen LogP contribution in [-0.4, -0.2) is 52.8 Å². The number of amides is 1. The molecular weight excluding hydrogens is 344 g/mol. The first kappa shape index (κ1) is 19.5. The average Bonchev–Trinajstić information content (AvgIpc) is 3.24. The number of rotatable bonds is 9. The summed E-state index contributed by atoms with van der Waals surface area (Å²) in [4.78, 5) is 29.2. The zero-order valence-electron chi connectivity index (χ0n) is 16.1. The van der Waals surface area contributed by atoms with Gasteiger partial charge < -0.3 is 15.0 Å². The highest BCUT2D eigenvalue weighted by Gasteiger charge is 2.24. The fourth-order valence-corrected chi connectivity index (χ4v) is 3.74. The SMILES string of the molecule is CCCCOC(=O)NCC1CCCN1CCCn1c(=O)[nH]c2ccccc21. The van der Waals surface area contributed by atoms with Gasteiger partial charge in [-0.3, -0.25) is 9.47 Å². The summed E-state index contributed by atoms with van der Waals surface area (Å²) in [5.74, 6) is 0. The molecule has 1 atom stereocenters.